The Bertz CT molecular complexity index is 523. The zero-order valence-corrected chi connectivity index (χ0v) is 12.4. The van der Waals surface area contributed by atoms with Gasteiger partial charge in [-0.3, -0.25) is 15.1 Å². The van der Waals surface area contributed by atoms with Gasteiger partial charge in [0, 0.05) is 23.7 Å². The standard InChI is InChI=1S/C14H18ClN3O2/c1-10-4-3-5-11(2)17(10)16-9-12-6-7-13(15)14(8-12)18(19)20/h6-11H,3-5H2,1-2H3/b16-9-/t10-,11+. The Kier molecular flexibility index (Phi) is 4.60. The van der Waals surface area contributed by atoms with E-state index in [2.05, 4.69) is 24.0 Å². The van der Waals surface area contributed by atoms with E-state index in [1.165, 1.54) is 18.6 Å². The highest BCUT2D eigenvalue weighted by atomic mass is 35.5. The van der Waals surface area contributed by atoms with Gasteiger partial charge in [-0.25, -0.2) is 0 Å². The van der Waals surface area contributed by atoms with Crippen LogP contribution in [0.15, 0.2) is 23.3 Å². The van der Waals surface area contributed by atoms with Gasteiger partial charge in [-0.1, -0.05) is 17.7 Å². The van der Waals surface area contributed by atoms with Gasteiger partial charge in [0.05, 0.1) is 11.1 Å². The Morgan fingerprint density at radius 2 is 2.05 bits per heavy atom. The zero-order chi connectivity index (χ0) is 14.7. The summed E-state index contributed by atoms with van der Waals surface area (Å²) in [5, 5.41) is 17.6. The van der Waals surface area contributed by atoms with Gasteiger partial charge in [0.25, 0.3) is 5.69 Å². The molecule has 0 unspecified atom stereocenters. The van der Waals surface area contributed by atoms with E-state index < -0.39 is 4.92 Å². The van der Waals surface area contributed by atoms with Crippen LogP contribution in [0, 0.1) is 10.1 Å². The first-order valence-corrected chi connectivity index (χ1v) is 7.13. The van der Waals surface area contributed by atoms with E-state index in [0.29, 0.717) is 17.6 Å². The fourth-order valence-electron chi connectivity index (χ4n) is 2.52. The van der Waals surface area contributed by atoms with Crippen molar-refractivity contribution in [2.45, 2.75) is 45.2 Å². The first kappa shape index (κ1) is 14.8. The predicted octanol–water partition coefficient (Wildman–Crippen LogP) is 3.85. The van der Waals surface area contributed by atoms with Gasteiger partial charge < -0.3 is 0 Å². The lowest BCUT2D eigenvalue weighted by Crippen LogP contribution is -2.39. The summed E-state index contributed by atoms with van der Waals surface area (Å²) >= 11 is 5.79. The van der Waals surface area contributed by atoms with Crippen LogP contribution in [0.4, 0.5) is 5.69 Å². The number of rotatable bonds is 3. The molecule has 108 valence electrons. The highest BCUT2D eigenvalue weighted by Gasteiger charge is 2.22. The van der Waals surface area contributed by atoms with Gasteiger partial charge in [-0.15, -0.1) is 0 Å². The van der Waals surface area contributed by atoms with E-state index in [0.717, 1.165) is 12.8 Å². The summed E-state index contributed by atoms with van der Waals surface area (Å²) in [5.74, 6) is 0. The lowest BCUT2D eigenvalue weighted by atomic mass is 10.00. The fraction of sp³-hybridized carbons (Fsp3) is 0.500. The number of halogens is 1. The maximum absolute atomic E-state index is 10.9. The van der Waals surface area contributed by atoms with Crippen molar-refractivity contribution in [1.82, 2.24) is 5.01 Å². The van der Waals surface area contributed by atoms with Crippen molar-refractivity contribution in [2.75, 3.05) is 0 Å². The smallest absolute Gasteiger partial charge is 0.288 e. The molecular formula is C14H18ClN3O2. The van der Waals surface area contributed by atoms with Crippen LogP contribution in [-0.4, -0.2) is 28.2 Å². The number of hydrogen-bond donors (Lipinski definition) is 0. The zero-order valence-electron chi connectivity index (χ0n) is 11.6. The van der Waals surface area contributed by atoms with Gasteiger partial charge >= 0.3 is 0 Å². The van der Waals surface area contributed by atoms with Crippen LogP contribution in [0.1, 0.15) is 38.7 Å². The van der Waals surface area contributed by atoms with Crippen molar-refractivity contribution < 1.29 is 4.92 Å². The second kappa shape index (κ2) is 6.22. The molecule has 2 rings (SSSR count). The summed E-state index contributed by atoms with van der Waals surface area (Å²) in [6.45, 7) is 4.30. The number of nitro groups is 1. The highest BCUT2D eigenvalue weighted by molar-refractivity contribution is 6.32. The summed E-state index contributed by atoms with van der Waals surface area (Å²) < 4.78 is 0. The molecule has 0 radical (unpaired) electrons. The Morgan fingerprint density at radius 1 is 1.40 bits per heavy atom. The van der Waals surface area contributed by atoms with E-state index in [1.807, 2.05) is 0 Å². The summed E-state index contributed by atoms with van der Waals surface area (Å²) in [4.78, 5) is 10.4. The first-order valence-electron chi connectivity index (χ1n) is 6.75. The van der Waals surface area contributed by atoms with Crippen LogP contribution in [0.2, 0.25) is 5.02 Å². The van der Waals surface area contributed by atoms with Crippen molar-refractivity contribution in [3.05, 3.63) is 38.9 Å². The second-order valence-electron chi connectivity index (χ2n) is 5.22. The molecule has 0 saturated carbocycles. The minimum absolute atomic E-state index is 0.0876. The summed E-state index contributed by atoms with van der Waals surface area (Å²) in [6, 6.07) is 5.52. The molecule has 1 fully saturated rings. The molecule has 5 nitrogen and oxygen atoms in total. The fourth-order valence-corrected chi connectivity index (χ4v) is 2.71. The average Bonchev–Trinajstić information content (AvgIpc) is 2.39. The minimum atomic E-state index is -0.480. The molecule has 0 N–H and O–H groups in total. The Morgan fingerprint density at radius 3 is 2.65 bits per heavy atom. The number of nitro benzene ring substituents is 1. The predicted molar refractivity (Wildman–Crippen MR) is 80.3 cm³/mol. The molecule has 2 atom stereocenters. The third kappa shape index (κ3) is 3.28. The molecule has 0 bridgehead atoms. The van der Waals surface area contributed by atoms with Crippen molar-refractivity contribution in [3.8, 4) is 0 Å². The maximum atomic E-state index is 10.9. The van der Waals surface area contributed by atoms with Gasteiger partial charge in [0.15, 0.2) is 0 Å². The van der Waals surface area contributed by atoms with Crippen LogP contribution in [0.25, 0.3) is 0 Å². The molecular weight excluding hydrogens is 278 g/mol. The Balaban J connectivity index is 2.18. The number of piperidine rings is 1. The quantitative estimate of drug-likeness (QED) is 0.483. The van der Waals surface area contributed by atoms with Crippen molar-refractivity contribution in [1.29, 1.82) is 0 Å². The normalized spacial score (nSPS) is 23.2. The molecule has 0 spiro atoms. The SMILES string of the molecule is C[C@@H]1CCC[C@H](C)N1/N=C\c1ccc(Cl)c([N+](=O)[O-])c1. The number of hydrogen-bond acceptors (Lipinski definition) is 4. The molecule has 1 aromatic rings. The molecule has 0 aliphatic carbocycles. The molecule has 1 aliphatic rings. The van der Waals surface area contributed by atoms with Crippen molar-refractivity contribution in [2.24, 2.45) is 5.10 Å². The lowest BCUT2D eigenvalue weighted by molar-refractivity contribution is -0.384. The third-order valence-corrected chi connectivity index (χ3v) is 3.97. The van der Waals surface area contributed by atoms with Crippen molar-refractivity contribution >= 4 is 23.5 Å². The average molecular weight is 296 g/mol. The highest BCUT2D eigenvalue weighted by Crippen LogP contribution is 2.25. The van der Waals surface area contributed by atoms with Gasteiger partial charge in [-0.05, 0) is 39.2 Å². The van der Waals surface area contributed by atoms with Crippen molar-refractivity contribution in [3.63, 3.8) is 0 Å². The topological polar surface area (TPSA) is 58.7 Å². The van der Waals surface area contributed by atoms with Gasteiger partial charge in [0.2, 0.25) is 0 Å². The summed E-state index contributed by atoms with van der Waals surface area (Å²) in [5.41, 5.74) is 0.599. The van der Waals surface area contributed by atoms with Crippen LogP contribution >= 0.6 is 11.6 Å². The van der Waals surface area contributed by atoms with E-state index in [4.69, 9.17) is 11.6 Å². The van der Waals surface area contributed by atoms with E-state index >= 15 is 0 Å². The van der Waals surface area contributed by atoms with Crippen LogP contribution < -0.4 is 0 Å². The van der Waals surface area contributed by atoms with Crippen LogP contribution in [0.5, 0.6) is 0 Å². The monoisotopic (exact) mass is 295 g/mol. The summed E-state index contributed by atoms with van der Waals surface area (Å²) in [6.07, 6.45) is 5.15. The molecule has 0 aromatic heterocycles. The number of benzene rings is 1. The molecule has 1 saturated heterocycles. The van der Waals surface area contributed by atoms with Gasteiger partial charge in [-0.2, -0.15) is 5.10 Å². The van der Waals surface area contributed by atoms with Crippen LogP contribution in [-0.2, 0) is 0 Å². The van der Waals surface area contributed by atoms with E-state index in [9.17, 15) is 10.1 Å². The Hall–Kier alpha value is -1.62. The number of hydrazone groups is 1. The lowest BCUT2D eigenvalue weighted by Gasteiger charge is -2.36. The molecule has 0 amide bonds. The van der Waals surface area contributed by atoms with Crippen LogP contribution in [0.3, 0.4) is 0 Å². The molecule has 1 aromatic carbocycles. The van der Waals surface area contributed by atoms with Gasteiger partial charge in [0.1, 0.15) is 5.02 Å². The Labute approximate surface area is 123 Å². The van der Waals surface area contributed by atoms with E-state index in [1.54, 1.807) is 12.3 Å². The maximum Gasteiger partial charge on any atom is 0.288 e. The number of nitrogens with zero attached hydrogens (tertiary/aromatic N) is 3. The molecule has 6 heteroatoms. The molecule has 1 heterocycles. The second-order valence-corrected chi connectivity index (χ2v) is 5.63. The molecule has 20 heavy (non-hydrogen) atoms. The minimum Gasteiger partial charge on any atom is -0.292 e. The van der Waals surface area contributed by atoms with E-state index in [-0.39, 0.29) is 10.7 Å². The summed E-state index contributed by atoms with van der Waals surface area (Å²) in [7, 11) is 0. The first-order chi connectivity index (χ1) is 9.49. The largest absolute Gasteiger partial charge is 0.292 e. The molecule has 1 aliphatic heterocycles. The third-order valence-electron chi connectivity index (χ3n) is 3.65.